The Morgan fingerprint density at radius 3 is 2.84 bits per heavy atom. The number of nitrogens with zero attached hydrogens (tertiary/aromatic N) is 3. The third-order valence-corrected chi connectivity index (χ3v) is 4.48. The molecule has 0 saturated heterocycles. The number of aromatic nitrogens is 2. The van der Waals surface area contributed by atoms with Crippen LogP contribution < -0.4 is 9.64 Å². The minimum absolute atomic E-state index is 0.465. The van der Waals surface area contributed by atoms with Gasteiger partial charge in [0.25, 0.3) is 0 Å². The third-order valence-electron chi connectivity index (χ3n) is 4.25. The number of imidazole rings is 1. The van der Waals surface area contributed by atoms with Crippen LogP contribution in [0.5, 0.6) is 5.75 Å². The molecule has 0 unspecified atom stereocenters. The first-order valence-corrected chi connectivity index (χ1v) is 9.04. The highest BCUT2D eigenvalue weighted by Gasteiger charge is 2.15. The summed E-state index contributed by atoms with van der Waals surface area (Å²) in [6.45, 7) is 5.73. The molecule has 25 heavy (non-hydrogen) atoms. The van der Waals surface area contributed by atoms with Crippen molar-refractivity contribution in [1.29, 1.82) is 0 Å². The second-order valence-electron chi connectivity index (χ2n) is 6.28. The Hall–Kier alpha value is -2.20. The molecule has 0 aliphatic carbocycles. The maximum atomic E-state index is 6.04. The van der Waals surface area contributed by atoms with Gasteiger partial charge in [0.1, 0.15) is 12.4 Å². The topological polar surface area (TPSA) is 29.8 Å². The van der Waals surface area contributed by atoms with Crippen molar-refractivity contribution >= 4 is 23.1 Å². The number of anilines is 1. The molecule has 0 radical (unpaired) electrons. The lowest BCUT2D eigenvalue weighted by atomic mass is 10.2. The van der Waals surface area contributed by atoms with Gasteiger partial charge in [-0.05, 0) is 43.2 Å². The highest BCUT2D eigenvalue weighted by Crippen LogP contribution is 2.28. The van der Waals surface area contributed by atoms with Crippen molar-refractivity contribution in [3.8, 4) is 5.75 Å². The Labute approximate surface area is 154 Å². The van der Waals surface area contributed by atoms with E-state index in [9.17, 15) is 0 Å². The molecule has 0 bridgehead atoms. The summed E-state index contributed by atoms with van der Waals surface area (Å²) in [6, 6.07) is 11.7. The van der Waals surface area contributed by atoms with Crippen LogP contribution in [0.15, 0.2) is 42.6 Å². The van der Waals surface area contributed by atoms with E-state index in [-0.39, 0.29) is 0 Å². The Morgan fingerprint density at radius 1 is 1.24 bits per heavy atom. The van der Waals surface area contributed by atoms with Crippen molar-refractivity contribution in [3.63, 3.8) is 0 Å². The summed E-state index contributed by atoms with van der Waals surface area (Å²) in [4.78, 5) is 7.01. The van der Waals surface area contributed by atoms with E-state index < -0.39 is 0 Å². The van der Waals surface area contributed by atoms with Crippen molar-refractivity contribution in [3.05, 3.63) is 58.9 Å². The SMILES string of the molecule is CCCCN(C)c1c(C)nc2c(OCc3cccc(Cl)c3)cccn12. The molecule has 0 N–H and O–H groups in total. The van der Waals surface area contributed by atoms with Crippen molar-refractivity contribution in [2.75, 3.05) is 18.5 Å². The zero-order valence-corrected chi connectivity index (χ0v) is 15.8. The van der Waals surface area contributed by atoms with E-state index in [1.165, 1.54) is 6.42 Å². The lowest BCUT2D eigenvalue weighted by molar-refractivity contribution is 0.308. The highest BCUT2D eigenvalue weighted by atomic mass is 35.5. The Morgan fingerprint density at radius 2 is 2.08 bits per heavy atom. The van der Waals surface area contributed by atoms with E-state index in [1.54, 1.807) is 0 Å². The van der Waals surface area contributed by atoms with Crippen molar-refractivity contribution in [2.45, 2.75) is 33.3 Å². The van der Waals surface area contributed by atoms with Crippen LogP contribution in [-0.2, 0) is 6.61 Å². The molecule has 132 valence electrons. The number of fused-ring (bicyclic) bond motifs is 1. The van der Waals surface area contributed by atoms with E-state index in [0.717, 1.165) is 46.5 Å². The first-order chi connectivity index (χ1) is 12.1. The molecule has 5 heteroatoms. The molecule has 2 heterocycles. The van der Waals surface area contributed by atoms with E-state index in [1.807, 2.05) is 49.5 Å². The van der Waals surface area contributed by atoms with Gasteiger partial charge in [-0.1, -0.05) is 37.1 Å². The summed E-state index contributed by atoms with van der Waals surface area (Å²) in [7, 11) is 2.12. The average Bonchev–Trinajstić information content (AvgIpc) is 2.94. The number of hydrogen-bond acceptors (Lipinski definition) is 3. The molecule has 0 atom stereocenters. The Kier molecular flexibility index (Phi) is 5.49. The van der Waals surface area contributed by atoms with Crippen molar-refractivity contribution in [2.24, 2.45) is 0 Å². The lowest BCUT2D eigenvalue weighted by Gasteiger charge is -2.19. The molecule has 3 rings (SSSR count). The predicted molar refractivity (Wildman–Crippen MR) is 104 cm³/mol. The lowest BCUT2D eigenvalue weighted by Crippen LogP contribution is -2.20. The predicted octanol–water partition coefficient (Wildman–Crippen LogP) is 5.11. The van der Waals surface area contributed by atoms with E-state index in [4.69, 9.17) is 21.3 Å². The fourth-order valence-electron chi connectivity index (χ4n) is 3.01. The second kappa shape index (κ2) is 7.79. The van der Waals surface area contributed by atoms with Crippen LogP contribution in [0.2, 0.25) is 5.02 Å². The highest BCUT2D eigenvalue weighted by molar-refractivity contribution is 6.30. The summed E-state index contributed by atoms with van der Waals surface area (Å²) < 4.78 is 8.14. The zero-order valence-electron chi connectivity index (χ0n) is 15.0. The number of pyridine rings is 1. The van der Waals surface area contributed by atoms with Crippen molar-refractivity contribution in [1.82, 2.24) is 9.38 Å². The second-order valence-corrected chi connectivity index (χ2v) is 6.72. The van der Waals surface area contributed by atoms with Gasteiger partial charge in [0.15, 0.2) is 11.4 Å². The summed E-state index contributed by atoms with van der Waals surface area (Å²) in [6.07, 6.45) is 4.38. The average molecular weight is 358 g/mol. The van der Waals surface area contributed by atoms with Crippen LogP contribution in [0, 0.1) is 6.92 Å². The number of rotatable bonds is 7. The largest absolute Gasteiger partial charge is 0.485 e. The Balaban J connectivity index is 1.87. The monoisotopic (exact) mass is 357 g/mol. The number of hydrogen-bond donors (Lipinski definition) is 0. The normalized spacial score (nSPS) is 11.0. The van der Waals surface area contributed by atoms with Gasteiger partial charge in [0, 0.05) is 24.8 Å². The summed E-state index contributed by atoms with van der Waals surface area (Å²) in [5.41, 5.74) is 2.90. The summed E-state index contributed by atoms with van der Waals surface area (Å²) in [5.74, 6) is 1.90. The van der Waals surface area contributed by atoms with Gasteiger partial charge in [0.05, 0.1) is 5.69 Å². The zero-order chi connectivity index (χ0) is 17.8. The van der Waals surface area contributed by atoms with Crippen LogP contribution in [0.25, 0.3) is 5.65 Å². The van der Waals surface area contributed by atoms with Crippen LogP contribution in [0.1, 0.15) is 31.0 Å². The van der Waals surface area contributed by atoms with Gasteiger partial charge in [-0.2, -0.15) is 0 Å². The van der Waals surface area contributed by atoms with Gasteiger partial charge >= 0.3 is 0 Å². The molecule has 2 aromatic heterocycles. The molecular formula is C20H24ClN3O. The quantitative estimate of drug-likeness (QED) is 0.588. The number of ether oxygens (including phenoxy) is 1. The van der Waals surface area contributed by atoms with Gasteiger partial charge in [-0.15, -0.1) is 0 Å². The molecule has 0 aliphatic rings. The molecule has 4 nitrogen and oxygen atoms in total. The van der Waals surface area contributed by atoms with Gasteiger partial charge in [0.2, 0.25) is 0 Å². The molecule has 0 saturated carbocycles. The first kappa shape index (κ1) is 17.6. The number of halogens is 1. The Bertz CT molecular complexity index is 859. The maximum Gasteiger partial charge on any atom is 0.181 e. The molecule has 3 aromatic rings. The first-order valence-electron chi connectivity index (χ1n) is 8.66. The minimum atomic E-state index is 0.465. The van der Waals surface area contributed by atoms with Crippen LogP contribution in [0.3, 0.4) is 0 Å². The molecule has 0 amide bonds. The van der Waals surface area contributed by atoms with Crippen LogP contribution >= 0.6 is 11.6 Å². The molecule has 0 fully saturated rings. The van der Waals surface area contributed by atoms with E-state index >= 15 is 0 Å². The summed E-state index contributed by atoms with van der Waals surface area (Å²) in [5, 5.41) is 0.718. The van der Waals surface area contributed by atoms with Gasteiger partial charge in [-0.3, -0.25) is 4.40 Å². The van der Waals surface area contributed by atoms with E-state index in [2.05, 4.69) is 23.3 Å². The summed E-state index contributed by atoms with van der Waals surface area (Å²) >= 11 is 6.04. The van der Waals surface area contributed by atoms with Crippen molar-refractivity contribution < 1.29 is 4.74 Å². The minimum Gasteiger partial charge on any atom is -0.485 e. The molecule has 1 aromatic carbocycles. The number of aryl methyl sites for hydroxylation is 1. The van der Waals surface area contributed by atoms with Crippen LogP contribution in [-0.4, -0.2) is 23.0 Å². The number of unbranched alkanes of at least 4 members (excludes halogenated alkanes) is 1. The fourth-order valence-corrected chi connectivity index (χ4v) is 3.22. The van der Waals surface area contributed by atoms with Crippen LogP contribution in [0.4, 0.5) is 5.82 Å². The maximum absolute atomic E-state index is 6.04. The van der Waals surface area contributed by atoms with Gasteiger partial charge in [-0.25, -0.2) is 4.98 Å². The third kappa shape index (κ3) is 3.90. The van der Waals surface area contributed by atoms with Gasteiger partial charge < -0.3 is 9.64 Å². The number of benzene rings is 1. The van der Waals surface area contributed by atoms with E-state index in [0.29, 0.717) is 6.61 Å². The molecule has 0 aliphatic heterocycles. The standard InChI is InChI=1S/C20H24ClN3O/c1-4-5-11-23(3)20-15(2)22-19-18(10-7-12-24(19)20)25-14-16-8-6-9-17(21)13-16/h6-10,12-13H,4-5,11,14H2,1-3H3. The molecule has 0 spiro atoms. The molecular weight excluding hydrogens is 334 g/mol. The fraction of sp³-hybridized carbons (Fsp3) is 0.350. The smallest absolute Gasteiger partial charge is 0.181 e.